The molecule has 0 spiro atoms. The third kappa shape index (κ3) is 3.21. The molecule has 0 aliphatic carbocycles. The van der Waals surface area contributed by atoms with E-state index in [0.717, 1.165) is 38.0 Å². The molecule has 1 heterocycles. The van der Waals surface area contributed by atoms with Gasteiger partial charge < -0.3 is 10.0 Å². The molecule has 100 valence electrons. The molecule has 0 unspecified atom stereocenters. The summed E-state index contributed by atoms with van der Waals surface area (Å²) in [5.41, 5.74) is 0.909. The zero-order chi connectivity index (χ0) is 13.1. The summed E-state index contributed by atoms with van der Waals surface area (Å²) in [6.45, 7) is 2.98. The number of likely N-dealkylation sites (tertiary alicyclic amines) is 1. The second-order valence-corrected chi connectivity index (χ2v) is 5.24. The molecule has 2 rings (SSSR count). The molecule has 3 nitrogen and oxygen atoms in total. The van der Waals surface area contributed by atoms with Crippen molar-refractivity contribution in [2.75, 3.05) is 27.2 Å². The molecule has 0 saturated carbocycles. The van der Waals surface area contributed by atoms with Crippen LogP contribution < -0.4 is 0 Å². The van der Waals surface area contributed by atoms with E-state index in [4.69, 9.17) is 5.11 Å². The van der Waals surface area contributed by atoms with Gasteiger partial charge in [-0.15, -0.1) is 0 Å². The Hall–Kier alpha value is -1.13. The first-order chi connectivity index (χ1) is 8.56. The Kier molecular flexibility index (Phi) is 4.19. The maximum Gasteiger partial charge on any atom is 0.165 e. The van der Waals surface area contributed by atoms with Crippen LogP contribution in [0.5, 0.6) is 5.75 Å². The maximum absolute atomic E-state index is 13.2. The minimum absolute atomic E-state index is 0.277. The molecule has 1 saturated heterocycles. The van der Waals surface area contributed by atoms with Gasteiger partial charge in [0.2, 0.25) is 0 Å². The van der Waals surface area contributed by atoms with Crippen molar-refractivity contribution in [1.82, 2.24) is 9.80 Å². The average molecular weight is 252 g/mol. The van der Waals surface area contributed by atoms with Crippen molar-refractivity contribution in [2.45, 2.75) is 25.4 Å². The van der Waals surface area contributed by atoms with Crippen LogP contribution in [0.2, 0.25) is 0 Å². The van der Waals surface area contributed by atoms with E-state index in [1.165, 1.54) is 12.1 Å². The summed E-state index contributed by atoms with van der Waals surface area (Å²) in [6, 6.07) is 5.19. The highest BCUT2D eigenvalue weighted by Crippen LogP contribution is 2.20. The summed E-state index contributed by atoms with van der Waals surface area (Å²) in [4.78, 5) is 4.61. The van der Waals surface area contributed by atoms with E-state index in [9.17, 15) is 4.39 Å². The number of benzene rings is 1. The topological polar surface area (TPSA) is 26.7 Å². The number of hydrogen-bond acceptors (Lipinski definition) is 3. The van der Waals surface area contributed by atoms with Gasteiger partial charge in [-0.3, -0.25) is 4.90 Å². The Morgan fingerprint density at radius 1 is 1.39 bits per heavy atom. The first kappa shape index (κ1) is 13.3. The van der Waals surface area contributed by atoms with E-state index >= 15 is 0 Å². The SMILES string of the molecule is CN1CCC(N(C)Cc2ccc(O)c(F)c2)CC1. The van der Waals surface area contributed by atoms with Crippen molar-refractivity contribution >= 4 is 0 Å². The predicted octanol–water partition coefficient (Wildman–Crippen LogP) is 2.06. The maximum atomic E-state index is 13.2. The fourth-order valence-electron chi connectivity index (χ4n) is 2.50. The molecule has 0 atom stereocenters. The van der Waals surface area contributed by atoms with Crippen LogP contribution in [-0.4, -0.2) is 48.1 Å². The number of hydrogen-bond donors (Lipinski definition) is 1. The molecule has 4 heteroatoms. The van der Waals surface area contributed by atoms with E-state index in [2.05, 4.69) is 23.9 Å². The van der Waals surface area contributed by atoms with Crippen LogP contribution in [-0.2, 0) is 6.54 Å². The molecule has 1 aliphatic rings. The number of piperidine rings is 1. The van der Waals surface area contributed by atoms with Crippen molar-refractivity contribution in [3.8, 4) is 5.75 Å². The van der Waals surface area contributed by atoms with Gasteiger partial charge in [0.25, 0.3) is 0 Å². The smallest absolute Gasteiger partial charge is 0.165 e. The monoisotopic (exact) mass is 252 g/mol. The van der Waals surface area contributed by atoms with Crippen molar-refractivity contribution in [1.29, 1.82) is 0 Å². The van der Waals surface area contributed by atoms with Gasteiger partial charge in [0.15, 0.2) is 11.6 Å². The Bertz CT molecular complexity index is 403. The van der Waals surface area contributed by atoms with Crippen LogP contribution >= 0.6 is 0 Å². The fourth-order valence-corrected chi connectivity index (χ4v) is 2.50. The minimum Gasteiger partial charge on any atom is -0.505 e. The Morgan fingerprint density at radius 2 is 2.06 bits per heavy atom. The van der Waals surface area contributed by atoms with Gasteiger partial charge in [-0.05, 0) is 57.7 Å². The average Bonchev–Trinajstić information content (AvgIpc) is 2.34. The first-order valence-corrected chi connectivity index (χ1v) is 6.42. The summed E-state index contributed by atoms with van der Waals surface area (Å²) in [7, 11) is 4.23. The van der Waals surface area contributed by atoms with Crippen molar-refractivity contribution in [2.24, 2.45) is 0 Å². The van der Waals surface area contributed by atoms with E-state index in [1.54, 1.807) is 6.07 Å². The number of aromatic hydroxyl groups is 1. The molecule has 0 bridgehead atoms. The Balaban J connectivity index is 1.94. The lowest BCUT2D eigenvalue weighted by molar-refractivity contribution is 0.139. The number of phenols is 1. The standard InChI is InChI=1S/C14H21FN2O/c1-16-7-5-12(6-8-16)17(2)10-11-3-4-14(18)13(15)9-11/h3-4,9,12,18H,5-8,10H2,1-2H3. The zero-order valence-corrected chi connectivity index (χ0v) is 11.1. The van der Waals surface area contributed by atoms with E-state index < -0.39 is 5.82 Å². The van der Waals surface area contributed by atoms with Gasteiger partial charge >= 0.3 is 0 Å². The summed E-state index contributed by atoms with van der Waals surface area (Å²) in [5.74, 6) is -0.815. The van der Waals surface area contributed by atoms with Crippen LogP contribution in [0.15, 0.2) is 18.2 Å². The quantitative estimate of drug-likeness (QED) is 0.892. The van der Waals surface area contributed by atoms with Crippen molar-refractivity contribution < 1.29 is 9.50 Å². The highest BCUT2D eigenvalue weighted by molar-refractivity contribution is 5.27. The lowest BCUT2D eigenvalue weighted by atomic mass is 10.0. The summed E-state index contributed by atoms with van der Waals surface area (Å²) in [6.07, 6.45) is 2.32. The fraction of sp³-hybridized carbons (Fsp3) is 0.571. The number of phenolic OH excluding ortho intramolecular Hbond substituents is 1. The lowest BCUT2D eigenvalue weighted by Gasteiger charge is -2.35. The van der Waals surface area contributed by atoms with Crippen molar-refractivity contribution in [3.63, 3.8) is 0 Å². The predicted molar refractivity (Wildman–Crippen MR) is 70.1 cm³/mol. The molecule has 18 heavy (non-hydrogen) atoms. The molecule has 0 radical (unpaired) electrons. The van der Waals surface area contributed by atoms with E-state index in [0.29, 0.717) is 6.04 Å². The Labute approximate surface area is 108 Å². The van der Waals surface area contributed by atoms with Crippen LogP contribution in [0.25, 0.3) is 0 Å². The molecular formula is C14H21FN2O. The van der Waals surface area contributed by atoms with Gasteiger partial charge in [0, 0.05) is 12.6 Å². The summed E-state index contributed by atoms with van der Waals surface area (Å²) < 4.78 is 13.2. The zero-order valence-electron chi connectivity index (χ0n) is 11.1. The molecule has 1 fully saturated rings. The third-order valence-electron chi connectivity index (χ3n) is 3.76. The van der Waals surface area contributed by atoms with Crippen LogP contribution in [0.3, 0.4) is 0 Å². The van der Waals surface area contributed by atoms with Gasteiger partial charge in [-0.1, -0.05) is 6.07 Å². The second kappa shape index (κ2) is 5.67. The van der Waals surface area contributed by atoms with Crippen LogP contribution in [0, 0.1) is 5.82 Å². The lowest BCUT2D eigenvalue weighted by Crippen LogP contribution is -2.41. The largest absolute Gasteiger partial charge is 0.505 e. The molecule has 1 N–H and O–H groups in total. The number of halogens is 1. The van der Waals surface area contributed by atoms with Crippen LogP contribution in [0.4, 0.5) is 4.39 Å². The van der Waals surface area contributed by atoms with Gasteiger partial charge in [-0.25, -0.2) is 4.39 Å². The Morgan fingerprint density at radius 3 is 2.67 bits per heavy atom. The molecule has 0 amide bonds. The van der Waals surface area contributed by atoms with Gasteiger partial charge in [0.05, 0.1) is 0 Å². The van der Waals surface area contributed by atoms with Crippen LogP contribution in [0.1, 0.15) is 18.4 Å². The number of rotatable bonds is 3. The molecule has 1 aromatic rings. The van der Waals surface area contributed by atoms with Gasteiger partial charge in [0.1, 0.15) is 0 Å². The summed E-state index contributed by atoms with van der Waals surface area (Å²) >= 11 is 0. The highest BCUT2D eigenvalue weighted by atomic mass is 19.1. The summed E-state index contributed by atoms with van der Waals surface area (Å²) in [5, 5.41) is 9.16. The third-order valence-corrected chi connectivity index (χ3v) is 3.76. The molecule has 1 aliphatic heterocycles. The highest BCUT2D eigenvalue weighted by Gasteiger charge is 2.20. The van der Waals surface area contributed by atoms with Crippen molar-refractivity contribution in [3.05, 3.63) is 29.6 Å². The first-order valence-electron chi connectivity index (χ1n) is 6.42. The van der Waals surface area contributed by atoms with E-state index in [-0.39, 0.29) is 5.75 Å². The molecular weight excluding hydrogens is 231 g/mol. The molecule has 0 aromatic heterocycles. The van der Waals surface area contributed by atoms with Gasteiger partial charge in [-0.2, -0.15) is 0 Å². The number of nitrogens with zero attached hydrogens (tertiary/aromatic N) is 2. The minimum atomic E-state index is -0.538. The van der Waals surface area contributed by atoms with E-state index in [1.807, 2.05) is 0 Å². The molecule has 1 aromatic carbocycles. The second-order valence-electron chi connectivity index (χ2n) is 5.24. The normalized spacial score (nSPS) is 18.4.